The Hall–Kier alpha value is -3.60. The van der Waals surface area contributed by atoms with Gasteiger partial charge >= 0.3 is 0 Å². The smallest absolute Gasteiger partial charge is 0.200 e. The first kappa shape index (κ1) is 16.6. The minimum Gasteiger partial charge on any atom is -0.473 e. The Morgan fingerprint density at radius 1 is 0.929 bits per heavy atom. The van der Waals surface area contributed by atoms with Crippen molar-refractivity contribution in [3.05, 3.63) is 94.6 Å². The summed E-state index contributed by atoms with van der Waals surface area (Å²) in [5, 5.41) is 0.485. The van der Waals surface area contributed by atoms with Gasteiger partial charge in [0.25, 0.3) is 0 Å². The molecule has 0 radical (unpaired) electrons. The van der Waals surface area contributed by atoms with Gasteiger partial charge in [-0.1, -0.05) is 42.5 Å². The summed E-state index contributed by atoms with van der Waals surface area (Å²) in [5.41, 5.74) is 2.88. The molecule has 3 aromatic carbocycles. The lowest BCUT2D eigenvalue weighted by Gasteiger charge is -2.31. The first-order valence-electron chi connectivity index (χ1n) is 8.97. The van der Waals surface area contributed by atoms with Gasteiger partial charge in [0, 0.05) is 0 Å². The topological polar surface area (TPSA) is 42.7 Å². The lowest BCUT2D eigenvalue weighted by Crippen LogP contribution is -2.32. The summed E-state index contributed by atoms with van der Waals surface area (Å²) in [4.78, 5) is 14.8. The zero-order chi connectivity index (χ0) is 19.1. The molecule has 0 aliphatic carbocycles. The van der Waals surface area contributed by atoms with Crippen LogP contribution in [0.5, 0.6) is 5.75 Å². The Morgan fingerprint density at radius 2 is 1.71 bits per heavy atom. The molecule has 0 amide bonds. The number of halogens is 1. The first-order valence-corrected chi connectivity index (χ1v) is 8.97. The van der Waals surface area contributed by atoms with E-state index in [-0.39, 0.29) is 18.0 Å². The average molecular weight is 373 g/mol. The molecule has 2 heterocycles. The van der Waals surface area contributed by atoms with Gasteiger partial charge in [0.2, 0.25) is 5.43 Å². The van der Waals surface area contributed by atoms with Crippen molar-refractivity contribution in [2.75, 3.05) is 11.6 Å². The highest BCUT2D eigenvalue weighted by molar-refractivity contribution is 5.86. The predicted molar refractivity (Wildman–Crippen MR) is 106 cm³/mol. The lowest BCUT2D eigenvalue weighted by molar-refractivity contribution is 0.287. The van der Waals surface area contributed by atoms with Crippen LogP contribution >= 0.6 is 0 Å². The van der Waals surface area contributed by atoms with Crippen molar-refractivity contribution in [3.8, 4) is 16.9 Å². The van der Waals surface area contributed by atoms with E-state index in [2.05, 4.69) is 0 Å². The molecule has 1 aromatic heterocycles. The predicted octanol–water partition coefficient (Wildman–Crippen LogP) is 4.96. The summed E-state index contributed by atoms with van der Waals surface area (Å²) in [5.74, 6) is 0.332. The number of rotatable bonds is 2. The van der Waals surface area contributed by atoms with Crippen LogP contribution in [-0.4, -0.2) is 6.73 Å². The molecule has 0 N–H and O–H groups in total. The summed E-state index contributed by atoms with van der Waals surface area (Å²) in [7, 11) is 0. The molecule has 4 nitrogen and oxygen atoms in total. The largest absolute Gasteiger partial charge is 0.473 e. The SMILES string of the molecule is O=c1c(-c2ccccc2)coc2c3c(ccc12)OCN(c1ccccc1F)C3. The van der Waals surface area contributed by atoms with Gasteiger partial charge in [-0.2, -0.15) is 0 Å². The highest BCUT2D eigenvalue weighted by Gasteiger charge is 2.24. The van der Waals surface area contributed by atoms with Crippen LogP contribution in [0.4, 0.5) is 10.1 Å². The monoisotopic (exact) mass is 373 g/mol. The molecule has 0 saturated heterocycles. The fraction of sp³-hybridized carbons (Fsp3) is 0.0870. The molecule has 0 bridgehead atoms. The second-order valence-corrected chi connectivity index (χ2v) is 6.69. The number of benzene rings is 3. The molecule has 0 atom stereocenters. The summed E-state index contributed by atoms with van der Waals surface area (Å²) in [6.07, 6.45) is 1.49. The molecule has 0 spiro atoms. The third kappa shape index (κ3) is 2.63. The zero-order valence-corrected chi connectivity index (χ0v) is 14.9. The third-order valence-electron chi connectivity index (χ3n) is 5.00. The molecule has 5 rings (SSSR count). The van der Waals surface area contributed by atoms with Crippen molar-refractivity contribution in [2.45, 2.75) is 6.54 Å². The standard InChI is InChI=1S/C23H16FNO3/c24-19-8-4-5-9-20(19)25-12-17-21(28-14-25)11-10-16-22(26)18(13-27-23(16)17)15-6-2-1-3-7-15/h1-11,13H,12,14H2. The van der Waals surface area contributed by atoms with Gasteiger partial charge in [0.1, 0.15) is 23.4 Å². The van der Waals surface area contributed by atoms with Gasteiger partial charge in [-0.25, -0.2) is 4.39 Å². The molecule has 1 aliphatic heterocycles. The molecule has 5 heteroatoms. The van der Waals surface area contributed by atoms with Gasteiger partial charge < -0.3 is 14.1 Å². The summed E-state index contributed by atoms with van der Waals surface area (Å²) in [6, 6.07) is 19.5. The maximum atomic E-state index is 14.2. The Balaban J connectivity index is 1.63. The maximum Gasteiger partial charge on any atom is 0.200 e. The number of anilines is 1. The quantitative estimate of drug-likeness (QED) is 0.498. The zero-order valence-electron chi connectivity index (χ0n) is 14.9. The fourth-order valence-electron chi connectivity index (χ4n) is 3.59. The normalized spacial score (nSPS) is 13.2. The van der Waals surface area contributed by atoms with E-state index >= 15 is 0 Å². The van der Waals surface area contributed by atoms with Crippen molar-refractivity contribution in [1.82, 2.24) is 0 Å². The molecule has 0 fully saturated rings. The maximum absolute atomic E-state index is 14.2. The molecule has 28 heavy (non-hydrogen) atoms. The number of hydrogen-bond donors (Lipinski definition) is 0. The molecule has 1 aliphatic rings. The Labute approximate surface area is 160 Å². The van der Waals surface area contributed by atoms with Gasteiger partial charge in [-0.3, -0.25) is 4.79 Å². The number of fused-ring (bicyclic) bond motifs is 3. The van der Waals surface area contributed by atoms with E-state index < -0.39 is 0 Å². The van der Waals surface area contributed by atoms with Gasteiger partial charge in [0.05, 0.1) is 28.7 Å². The summed E-state index contributed by atoms with van der Waals surface area (Å²) >= 11 is 0. The van der Waals surface area contributed by atoms with Crippen LogP contribution in [0, 0.1) is 5.82 Å². The van der Waals surface area contributed by atoms with Crippen LogP contribution in [0.2, 0.25) is 0 Å². The van der Waals surface area contributed by atoms with E-state index in [4.69, 9.17) is 9.15 Å². The van der Waals surface area contributed by atoms with Crippen LogP contribution in [0.3, 0.4) is 0 Å². The summed E-state index contributed by atoms with van der Waals surface area (Å²) < 4.78 is 25.9. The second kappa shape index (κ2) is 6.53. The molecular formula is C23H16FNO3. The average Bonchev–Trinajstić information content (AvgIpc) is 2.74. The van der Waals surface area contributed by atoms with Crippen molar-refractivity contribution < 1.29 is 13.5 Å². The highest BCUT2D eigenvalue weighted by atomic mass is 19.1. The highest BCUT2D eigenvalue weighted by Crippen LogP contribution is 2.34. The van der Waals surface area contributed by atoms with E-state index in [1.54, 1.807) is 35.2 Å². The molecule has 0 unspecified atom stereocenters. The van der Waals surface area contributed by atoms with Crippen LogP contribution in [0.1, 0.15) is 5.56 Å². The van der Waals surface area contributed by atoms with Crippen LogP contribution in [0.15, 0.2) is 82.2 Å². The summed E-state index contributed by atoms with van der Waals surface area (Å²) in [6.45, 7) is 0.618. The van der Waals surface area contributed by atoms with Crippen molar-refractivity contribution in [1.29, 1.82) is 0 Å². The van der Waals surface area contributed by atoms with Crippen LogP contribution in [-0.2, 0) is 6.54 Å². The Bertz CT molecular complexity index is 1230. The first-order chi connectivity index (χ1) is 13.7. The Morgan fingerprint density at radius 3 is 2.54 bits per heavy atom. The fourth-order valence-corrected chi connectivity index (χ4v) is 3.59. The number of hydrogen-bond acceptors (Lipinski definition) is 4. The Kier molecular flexibility index (Phi) is 3.86. The molecular weight excluding hydrogens is 357 g/mol. The van der Waals surface area contributed by atoms with Gasteiger partial charge in [0.15, 0.2) is 6.73 Å². The lowest BCUT2D eigenvalue weighted by atomic mass is 10.0. The second-order valence-electron chi connectivity index (χ2n) is 6.69. The molecule has 4 aromatic rings. The van der Waals surface area contributed by atoms with E-state index in [1.165, 1.54) is 12.3 Å². The van der Waals surface area contributed by atoms with E-state index in [0.29, 0.717) is 34.5 Å². The van der Waals surface area contributed by atoms with E-state index in [0.717, 1.165) is 11.1 Å². The number of para-hydroxylation sites is 1. The minimum atomic E-state index is -0.317. The van der Waals surface area contributed by atoms with Gasteiger partial charge in [-0.15, -0.1) is 0 Å². The molecule has 0 saturated carbocycles. The third-order valence-corrected chi connectivity index (χ3v) is 5.00. The number of ether oxygens (including phenoxy) is 1. The van der Waals surface area contributed by atoms with Crippen molar-refractivity contribution in [3.63, 3.8) is 0 Å². The van der Waals surface area contributed by atoms with Crippen LogP contribution < -0.4 is 15.1 Å². The number of nitrogens with zero attached hydrogens (tertiary/aromatic N) is 1. The minimum absolute atomic E-state index is 0.0988. The van der Waals surface area contributed by atoms with E-state index in [9.17, 15) is 9.18 Å². The molecule has 138 valence electrons. The van der Waals surface area contributed by atoms with Crippen molar-refractivity contribution in [2.24, 2.45) is 0 Å². The van der Waals surface area contributed by atoms with Crippen molar-refractivity contribution >= 4 is 16.7 Å². The van der Waals surface area contributed by atoms with E-state index in [1.807, 2.05) is 30.3 Å². The van der Waals surface area contributed by atoms with Gasteiger partial charge in [-0.05, 0) is 29.8 Å². The van der Waals surface area contributed by atoms with Crippen LogP contribution in [0.25, 0.3) is 22.1 Å².